The highest BCUT2D eigenvalue weighted by Crippen LogP contribution is 2.15. The molecule has 0 spiro atoms. The molecule has 0 radical (unpaired) electrons. The number of unbranched alkanes of at least 4 members (excludes halogenated alkanes) is 28. The van der Waals surface area contributed by atoms with Crippen molar-refractivity contribution >= 4 is 11.9 Å². The van der Waals surface area contributed by atoms with Gasteiger partial charge in [-0.2, -0.15) is 0 Å². The average Bonchev–Trinajstić information content (AvgIpc) is 3.07. The topological polar surface area (TPSA) is 72.8 Å². The summed E-state index contributed by atoms with van der Waals surface area (Å²) in [7, 11) is 0. The van der Waals surface area contributed by atoms with Crippen molar-refractivity contribution in [2.24, 2.45) is 0 Å². The zero-order valence-corrected chi connectivity index (χ0v) is 31.6. The molecule has 0 aliphatic rings. The molecule has 0 fully saturated rings. The third-order valence-corrected chi connectivity index (χ3v) is 9.31. The van der Waals surface area contributed by atoms with Crippen molar-refractivity contribution in [2.75, 3.05) is 13.2 Å². The van der Waals surface area contributed by atoms with Gasteiger partial charge in [0.2, 0.25) is 0 Å². The molecule has 0 bridgehead atoms. The number of hydrogen-bond acceptors (Lipinski definition) is 5. The number of ether oxygens (including phenoxy) is 2. The highest BCUT2D eigenvalue weighted by molar-refractivity contribution is 5.70. The monoisotopic (exact) mass is 665 g/mol. The van der Waals surface area contributed by atoms with E-state index in [0.29, 0.717) is 12.8 Å². The highest BCUT2D eigenvalue weighted by atomic mass is 16.6. The van der Waals surface area contributed by atoms with Gasteiger partial charge in [0.05, 0.1) is 6.61 Å². The first-order valence-electron chi connectivity index (χ1n) is 20.7. The van der Waals surface area contributed by atoms with E-state index in [0.717, 1.165) is 38.5 Å². The highest BCUT2D eigenvalue weighted by Gasteiger charge is 2.16. The quantitative estimate of drug-likeness (QED) is 0.0404. The Bertz CT molecular complexity index is 676. The lowest BCUT2D eigenvalue weighted by Gasteiger charge is -2.15. The van der Waals surface area contributed by atoms with Crippen LogP contribution in [0.4, 0.5) is 0 Å². The van der Waals surface area contributed by atoms with Gasteiger partial charge < -0.3 is 14.6 Å². The first-order valence-corrected chi connectivity index (χ1v) is 20.7. The first-order chi connectivity index (χ1) is 23.1. The zero-order valence-electron chi connectivity index (χ0n) is 31.6. The molecule has 5 nitrogen and oxygen atoms in total. The summed E-state index contributed by atoms with van der Waals surface area (Å²) in [6.07, 6.45) is 44.2. The molecular weight excluding hydrogens is 584 g/mol. The van der Waals surface area contributed by atoms with Crippen LogP contribution in [0.1, 0.15) is 226 Å². The van der Waals surface area contributed by atoms with Gasteiger partial charge in [-0.15, -0.1) is 0 Å². The third kappa shape index (κ3) is 37.3. The van der Waals surface area contributed by atoms with E-state index < -0.39 is 6.10 Å². The van der Waals surface area contributed by atoms with Crippen LogP contribution < -0.4 is 0 Å². The van der Waals surface area contributed by atoms with Crippen molar-refractivity contribution in [1.29, 1.82) is 0 Å². The van der Waals surface area contributed by atoms with Crippen LogP contribution in [0.15, 0.2) is 12.2 Å². The second kappa shape index (κ2) is 39.1. The number of esters is 2. The van der Waals surface area contributed by atoms with Crippen molar-refractivity contribution < 1.29 is 24.2 Å². The predicted octanol–water partition coefficient (Wildman–Crippen LogP) is 12.9. The molecule has 0 aliphatic heterocycles. The molecule has 0 aliphatic carbocycles. The van der Waals surface area contributed by atoms with E-state index in [-0.39, 0.29) is 25.2 Å². The van der Waals surface area contributed by atoms with Crippen LogP contribution in [0.5, 0.6) is 0 Å². The number of carbonyl (C=O) groups excluding carboxylic acids is 2. The average molecular weight is 665 g/mol. The summed E-state index contributed by atoms with van der Waals surface area (Å²) in [5.41, 5.74) is 0. The maximum atomic E-state index is 12.1. The van der Waals surface area contributed by atoms with Crippen LogP contribution in [0.2, 0.25) is 0 Å². The van der Waals surface area contributed by atoms with E-state index in [1.165, 1.54) is 161 Å². The normalized spacial score (nSPS) is 12.1. The molecule has 0 saturated carbocycles. The van der Waals surface area contributed by atoms with E-state index in [1.54, 1.807) is 0 Å². The van der Waals surface area contributed by atoms with Crippen molar-refractivity contribution in [3.8, 4) is 0 Å². The Morgan fingerprint density at radius 2 is 0.787 bits per heavy atom. The van der Waals surface area contributed by atoms with Gasteiger partial charge in [-0.05, 0) is 38.5 Å². The van der Waals surface area contributed by atoms with Gasteiger partial charge >= 0.3 is 11.9 Å². The van der Waals surface area contributed by atoms with Crippen molar-refractivity contribution in [1.82, 2.24) is 0 Å². The van der Waals surface area contributed by atoms with Gasteiger partial charge in [0, 0.05) is 12.8 Å². The second-order valence-electron chi connectivity index (χ2n) is 14.1. The van der Waals surface area contributed by atoms with E-state index in [9.17, 15) is 14.7 Å². The Morgan fingerprint density at radius 1 is 0.468 bits per heavy atom. The number of aliphatic hydroxyl groups excluding tert-OH is 1. The lowest BCUT2D eigenvalue weighted by molar-refractivity contribution is -0.161. The van der Waals surface area contributed by atoms with Gasteiger partial charge in [0.25, 0.3) is 0 Å². The summed E-state index contributed by atoms with van der Waals surface area (Å²) >= 11 is 0. The molecule has 0 heterocycles. The minimum Gasteiger partial charge on any atom is -0.462 e. The maximum absolute atomic E-state index is 12.1. The van der Waals surface area contributed by atoms with Crippen molar-refractivity contribution in [3.63, 3.8) is 0 Å². The lowest BCUT2D eigenvalue weighted by atomic mass is 10.0. The largest absolute Gasteiger partial charge is 0.462 e. The Balaban J connectivity index is 3.48. The van der Waals surface area contributed by atoms with Crippen LogP contribution in [0.25, 0.3) is 0 Å². The number of aliphatic hydroxyl groups is 1. The van der Waals surface area contributed by atoms with Crippen LogP contribution >= 0.6 is 0 Å². The van der Waals surface area contributed by atoms with Gasteiger partial charge in [-0.3, -0.25) is 9.59 Å². The van der Waals surface area contributed by atoms with Crippen LogP contribution in [-0.2, 0) is 19.1 Å². The summed E-state index contributed by atoms with van der Waals surface area (Å²) < 4.78 is 10.6. The minimum absolute atomic E-state index is 0.0631. The molecule has 0 unspecified atom stereocenters. The molecule has 0 amide bonds. The molecule has 0 rings (SSSR count). The summed E-state index contributed by atoms with van der Waals surface area (Å²) in [5.74, 6) is -0.589. The number of hydrogen-bond donors (Lipinski definition) is 1. The Kier molecular flexibility index (Phi) is 38.0. The Hall–Kier alpha value is -1.36. The maximum Gasteiger partial charge on any atom is 0.306 e. The molecule has 47 heavy (non-hydrogen) atoms. The van der Waals surface area contributed by atoms with Crippen LogP contribution in [0, 0.1) is 0 Å². The fourth-order valence-electron chi connectivity index (χ4n) is 6.14. The van der Waals surface area contributed by atoms with Crippen molar-refractivity contribution in [2.45, 2.75) is 232 Å². The lowest BCUT2D eigenvalue weighted by Crippen LogP contribution is -2.28. The number of rotatable bonds is 38. The van der Waals surface area contributed by atoms with E-state index >= 15 is 0 Å². The molecule has 278 valence electrons. The summed E-state index contributed by atoms with van der Waals surface area (Å²) in [6.45, 7) is 4.14. The number of allylic oxidation sites excluding steroid dienone is 2. The summed E-state index contributed by atoms with van der Waals surface area (Å²) in [5, 5.41) is 9.55. The second-order valence-corrected chi connectivity index (χ2v) is 14.1. The fraction of sp³-hybridized carbons (Fsp3) is 0.905. The molecular formula is C42H80O5. The fourth-order valence-corrected chi connectivity index (χ4v) is 6.14. The van der Waals surface area contributed by atoms with Gasteiger partial charge in [0.1, 0.15) is 6.61 Å². The van der Waals surface area contributed by atoms with Gasteiger partial charge in [-0.1, -0.05) is 187 Å². The smallest absolute Gasteiger partial charge is 0.306 e. The van der Waals surface area contributed by atoms with E-state index in [2.05, 4.69) is 26.0 Å². The van der Waals surface area contributed by atoms with Gasteiger partial charge in [-0.25, -0.2) is 0 Å². The summed E-state index contributed by atoms with van der Waals surface area (Å²) in [6, 6.07) is 0. The Morgan fingerprint density at radius 3 is 1.17 bits per heavy atom. The molecule has 1 atom stereocenters. The van der Waals surface area contributed by atoms with Crippen molar-refractivity contribution in [3.05, 3.63) is 12.2 Å². The molecule has 0 aromatic rings. The minimum atomic E-state index is -0.768. The standard InChI is InChI=1S/C42H80O5/c1-3-5-7-9-11-13-15-17-18-19-20-21-22-23-25-26-28-30-32-34-36-41(44)46-39-40(38-43)47-42(45)37-35-33-31-29-27-24-16-14-12-10-8-6-4-2/h14,16,40,43H,3-13,15,17-39H2,1-2H3/b16-14+/t40-/m0/s1. The van der Waals surface area contributed by atoms with Gasteiger partial charge in [0.15, 0.2) is 6.10 Å². The summed E-state index contributed by atoms with van der Waals surface area (Å²) in [4.78, 5) is 24.2. The molecule has 5 heteroatoms. The first kappa shape index (κ1) is 45.6. The van der Waals surface area contributed by atoms with E-state index in [4.69, 9.17) is 9.47 Å². The van der Waals surface area contributed by atoms with Crippen LogP contribution in [-0.4, -0.2) is 36.4 Å². The van der Waals surface area contributed by atoms with E-state index in [1.807, 2.05) is 0 Å². The third-order valence-electron chi connectivity index (χ3n) is 9.31. The zero-order chi connectivity index (χ0) is 34.3. The predicted molar refractivity (Wildman–Crippen MR) is 201 cm³/mol. The molecule has 0 saturated heterocycles. The molecule has 0 aromatic heterocycles. The molecule has 1 N–H and O–H groups in total. The SMILES string of the molecule is CCCCCC/C=C/CCCCCCCC(=O)O[C@@H](CO)COC(=O)CCCCCCCCCCCCCCCCCCCCCC. The van der Waals surface area contributed by atoms with Crippen LogP contribution in [0.3, 0.4) is 0 Å². The Labute approximate surface area is 292 Å². The number of carbonyl (C=O) groups is 2. The molecule has 0 aromatic carbocycles.